The van der Waals surface area contributed by atoms with Gasteiger partial charge in [-0.1, -0.05) is 51.7 Å². The van der Waals surface area contributed by atoms with Gasteiger partial charge in [-0.25, -0.2) is 0 Å². The number of hydrogen-bond donors (Lipinski definition) is 1. The molecule has 1 saturated carbocycles. The van der Waals surface area contributed by atoms with E-state index in [1.807, 2.05) is 31.2 Å². The average molecular weight is 396 g/mol. The van der Waals surface area contributed by atoms with Crippen LogP contribution in [0.4, 0.5) is 0 Å². The Hall–Kier alpha value is -1.75. The van der Waals surface area contributed by atoms with Crippen molar-refractivity contribution in [2.75, 3.05) is 28.3 Å². The molecule has 0 radical (unpaired) electrons. The Morgan fingerprint density at radius 3 is 1.93 bits per heavy atom. The van der Waals surface area contributed by atoms with Crippen LogP contribution >= 0.6 is 0 Å². The summed E-state index contributed by atoms with van der Waals surface area (Å²) in [5.41, 5.74) is 0. The topological polar surface area (TPSA) is 59.0 Å². The number of carboxylic acids is 1. The van der Waals surface area contributed by atoms with Crippen molar-refractivity contribution in [1.82, 2.24) is 4.90 Å². The highest BCUT2D eigenvalue weighted by Gasteiger charge is 2.24. The molecule has 1 aliphatic rings. The minimum atomic E-state index is -0.693. The molecule has 0 saturated heterocycles. The molecule has 0 heterocycles. The summed E-state index contributed by atoms with van der Waals surface area (Å²) in [5.74, 6) is 1.82. The number of benzene rings is 1. The quantitative estimate of drug-likeness (QED) is 0.662. The van der Waals surface area contributed by atoms with Gasteiger partial charge in [0.05, 0.1) is 14.2 Å². The molecule has 162 valence electrons. The lowest BCUT2D eigenvalue weighted by Gasteiger charge is -2.35. The van der Waals surface area contributed by atoms with Gasteiger partial charge < -0.3 is 19.5 Å². The van der Waals surface area contributed by atoms with Crippen molar-refractivity contribution in [1.29, 1.82) is 0 Å². The zero-order valence-electron chi connectivity index (χ0n) is 18.7. The summed E-state index contributed by atoms with van der Waals surface area (Å²) >= 11 is 0. The van der Waals surface area contributed by atoms with E-state index in [1.54, 1.807) is 14.2 Å². The van der Waals surface area contributed by atoms with Crippen LogP contribution in [0.15, 0.2) is 24.3 Å². The fourth-order valence-corrected chi connectivity index (χ4v) is 3.46. The second-order valence-corrected chi connectivity index (χ2v) is 7.34. The summed E-state index contributed by atoms with van der Waals surface area (Å²) < 4.78 is 10.0. The first-order valence-electron chi connectivity index (χ1n) is 10.5. The van der Waals surface area contributed by atoms with Crippen LogP contribution in [0.1, 0.15) is 65.2 Å². The number of carboxylic acid groups (broad SMARTS) is 1. The Kier molecular flexibility index (Phi) is 15.2. The summed E-state index contributed by atoms with van der Waals surface area (Å²) in [4.78, 5) is 12.2. The van der Waals surface area contributed by atoms with Crippen LogP contribution in [-0.2, 0) is 4.79 Å². The lowest BCUT2D eigenvalue weighted by atomic mass is 9.82. The van der Waals surface area contributed by atoms with E-state index in [1.165, 1.54) is 32.1 Å². The normalized spacial score (nSPS) is 18.2. The van der Waals surface area contributed by atoms with E-state index in [4.69, 9.17) is 14.6 Å². The van der Waals surface area contributed by atoms with E-state index in [9.17, 15) is 4.79 Å². The summed E-state index contributed by atoms with van der Waals surface area (Å²) in [6, 6.07) is 8.40. The van der Waals surface area contributed by atoms with Crippen LogP contribution in [0.5, 0.6) is 11.5 Å². The molecular weight excluding hydrogens is 354 g/mol. The molecule has 0 bridgehead atoms. The molecular formula is C23H41NO4. The van der Waals surface area contributed by atoms with Gasteiger partial charge >= 0.3 is 5.97 Å². The smallest absolute Gasteiger partial charge is 0.303 e. The van der Waals surface area contributed by atoms with Gasteiger partial charge in [0.15, 0.2) is 11.5 Å². The van der Waals surface area contributed by atoms with Gasteiger partial charge in [0, 0.05) is 12.5 Å². The number of para-hydroxylation sites is 2. The summed E-state index contributed by atoms with van der Waals surface area (Å²) in [6.07, 6.45) is 9.23. The van der Waals surface area contributed by atoms with Gasteiger partial charge in [-0.05, 0) is 51.4 Å². The molecule has 0 aliphatic heterocycles. The lowest BCUT2D eigenvalue weighted by Crippen LogP contribution is -2.37. The molecule has 0 spiro atoms. The fraction of sp³-hybridized carbons (Fsp3) is 0.696. The van der Waals surface area contributed by atoms with Crippen molar-refractivity contribution in [3.8, 4) is 11.5 Å². The zero-order valence-corrected chi connectivity index (χ0v) is 18.7. The first-order chi connectivity index (χ1) is 13.4. The maximum atomic E-state index is 9.76. The molecule has 1 aliphatic carbocycles. The molecule has 5 nitrogen and oxygen atoms in total. The van der Waals surface area contributed by atoms with Crippen LogP contribution in [0.3, 0.4) is 0 Å². The first-order valence-corrected chi connectivity index (χ1v) is 10.5. The summed E-state index contributed by atoms with van der Waals surface area (Å²) in [5, 5.41) is 8.04. The molecule has 2 rings (SSSR count). The molecule has 2 unspecified atom stereocenters. The number of aliphatic carboxylic acids is 1. The predicted octanol–water partition coefficient (Wildman–Crippen LogP) is 5.48. The van der Waals surface area contributed by atoms with Gasteiger partial charge in [-0.3, -0.25) is 4.79 Å². The van der Waals surface area contributed by atoms with Crippen molar-refractivity contribution >= 4 is 5.97 Å². The minimum absolute atomic E-state index is 0.316. The number of hydrogen-bond acceptors (Lipinski definition) is 4. The van der Waals surface area contributed by atoms with Crippen molar-refractivity contribution < 1.29 is 19.4 Å². The van der Waals surface area contributed by atoms with Crippen LogP contribution in [0.2, 0.25) is 0 Å². The standard InChI is InChI=1S/C10H21N.C8H10O2.C5H10O2/c1-4-9-7-5-6-8-10(9)11(2)3;1-9-7-5-3-4-6-8(7)10-2;1-2-3-4-5(6)7/h9-10H,4-8H2,1-3H3;3-6H,1-2H3;2-4H2,1H3,(H,6,7). The second-order valence-electron chi connectivity index (χ2n) is 7.34. The third-order valence-electron chi connectivity index (χ3n) is 5.09. The van der Waals surface area contributed by atoms with E-state index >= 15 is 0 Å². The fourth-order valence-electron chi connectivity index (χ4n) is 3.46. The molecule has 1 aromatic rings. The van der Waals surface area contributed by atoms with Gasteiger partial charge in [0.1, 0.15) is 0 Å². The maximum Gasteiger partial charge on any atom is 0.303 e. The predicted molar refractivity (Wildman–Crippen MR) is 116 cm³/mol. The number of unbranched alkanes of at least 4 members (excludes halogenated alkanes) is 1. The van der Waals surface area contributed by atoms with E-state index in [0.717, 1.165) is 36.3 Å². The van der Waals surface area contributed by atoms with E-state index < -0.39 is 5.97 Å². The van der Waals surface area contributed by atoms with Crippen LogP contribution in [0, 0.1) is 5.92 Å². The van der Waals surface area contributed by atoms with Gasteiger partial charge in [-0.15, -0.1) is 0 Å². The molecule has 2 atom stereocenters. The second kappa shape index (κ2) is 16.2. The highest BCUT2D eigenvalue weighted by Crippen LogP contribution is 2.29. The molecule has 1 fully saturated rings. The number of carbonyl (C=O) groups is 1. The molecule has 1 N–H and O–H groups in total. The lowest BCUT2D eigenvalue weighted by molar-refractivity contribution is -0.137. The molecule has 0 aromatic heterocycles. The Morgan fingerprint density at radius 1 is 1.07 bits per heavy atom. The third kappa shape index (κ3) is 11.2. The van der Waals surface area contributed by atoms with Crippen molar-refractivity contribution in [3.05, 3.63) is 24.3 Å². The highest BCUT2D eigenvalue weighted by molar-refractivity contribution is 5.66. The van der Waals surface area contributed by atoms with E-state index in [-0.39, 0.29) is 0 Å². The van der Waals surface area contributed by atoms with Crippen LogP contribution < -0.4 is 9.47 Å². The van der Waals surface area contributed by atoms with Crippen molar-refractivity contribution in [3.63, 3.8) is 0 Å². The maximum absolute atomic E-state index is 9.76. The van der Waals surface area contributed by atoms with E-state index in [2.05, 4.69) is 25.9 Å². The Bertz CT molecular complexity index is 496. The molecule has 0 amide bonds. The third-order valence-corrected chi connectivity index (χ3v) is 5.09. The van der Waals surface area contributed by atoms with Crippen molar-refractivity contribution in [2.24, 2.45) is 5.92 Å². The molecule has 1 aromatic carbocycles. The molecule has 28 heavy (non-hydrogen) atoms. The van der Waals surface area contributed by atoms with Gasteiger partial charge in [0.2, 0.25) is 0 Å². The average Bonchev–Trinajstić information content (AvgIpc) is 2.72. The number of nitrogens with zero attached hydrogens (tertiary/aromatic N) is 1. The minimum Gasteiger partial charge on any atom is -0.493 e. The summed E-state index contributed by atoms with van der Waals surface area (Å²) in [7, 11) is 7.69. The van der Waals surface area contributed by atoms with Gasteiger partial charge in [0.25, 0.3) is 0 Å². The number of rotatable bonds is 7. The number of ether oxygens (including phenoxy) is 2. The Labute approximate surface area is 172 Å². The molecule has 5 heteroatoms. The largest absolute Gasteiger partial charge is 0.493 e. The Morgan fingerprint density at radius 2 is 1.61 bits per heavy atom. The summed E-state index contributed by atoms with van der Waals surface area (Å²) in [6.45, 7) is 4.30. The van der Waals surface area contributed by atoms with Gasteiger partial charge in [-0.2, -0.15) is 0 Å². The zero-order chi connectivity index (χ0) is 21.4. The first kappa shape index (κ1) is 26.2. The monoisotopic (exact) mass is 395 g/mol. The Balaban J connectivity index is 0.000000402. The van der Waals surface area contributed by atoms with E-state index in [0.29, 0.717) is 6.42 Å². The van der Waals surface area contributed by atoms with Crippen LogP contribution in [-0.4, -0.2) is 50.3 Å². The van der Waals surface area contributed by atoms with Crippen LogP contribution in [0.25, 0.3) is 0 Å². The van der Waals surface area contributed by atoms with Crippen molar-refractivity contribution in [2.45, 2.75) is 71.3 Å². The highest BCUT2D eigenvalue weighted by atomic mass is 16.5. The number of methoxy groups -OCH3 is 2. The SMILES string of the molecule is CCC1CCCCC1N(C)C.CCCCC(=O)O.COc1ccccc1OC.